The molecule has 3 heteroatoms. The number of carbonyl (C=O) groups is 1. The maximum Gasteiger partial charge on any atom is 0.249 e. The van der Waals surface area contributed by atoms with E-state index in [2.05, 4.69) is 6.58 Å². The lowest BCUT2D eigenvalue weighted by Crippen LogP contribution is -2.22. The van der Waals surface area contributed by atoms with Gasteiger partial charge in [-0.1, -0.05) is 6.58 Å². The Morgan fingerprint density at radius 3 is 2.50 bits per heavy atom. The van der Waals surface area contributed by atoms with E-state index >= 15 is 0 Å². The molecule has 0 rings (SSSR count). The monoisotopic (exact) mass is 141 g/mol. The van der Waals surface area contributed by atoms with Crippen molar-refractivity contribution in [2.45, 2.75) is 6.92 Å². The molecule has 0 heterocycles. The summed E-state index contributed by atoms with van der Waals surface area (Å²) in [6, 6.07) is 0. The first-order chi connectivity index (χ1) is 4.63. The van der Waals surface area contributed by atoms with Gasteiger partial charge in [0.2, 0.25) is 5.91 Å². The van der Waals surface area contributed by atoms with E-state index in [9.17, 15) is 4.79 Å². The average molecular weight is 141 g/mol. The highest BCUT2D eigenvalue weighted by Crippen LogP contribution is 1.98. The Labute approximate surface area is 60.3 Å². The molecule has 0 saturated heterocycles. The second-order valence-electron chi connectivity index (χ2n) is 1.87. The van der Waals surface area contributed by atoms with Crippen molar-refractivity contribution < 1.29 is 9.90 Å². The molecule has 0 bridgehead atoms. The van der Waals surface area contributed by atoms with Crippen LogP contribution >= 0.6 is 0 Å². The second kappa shape index (κ2) is 3.71. The summed E-state index contributed by atoms with van der Waals surface area (Å²) >= 11 is 0. The predicted octanol–water partition coefficient (Wildman–Crippen LogP) is 1.05. The number of rotatable bonds is 2. The van der Waals surface area contributed by atoms with Crippen molar-refractivity contribution in [1.82, 2.24) is 4.90 Å². The molecular weight excluding hydrogens is 130 g/mol. The van der Waals surface area contributed by atoms with E-state index in [-0.39, 0.29) is 5.91 Å². The van der Waals surface area contributed by atoms with E-state index in [4.69, 9.17) is 5.11 Å². The Balaban J connectivity index is 4.21. The highest BCUT2D eigenvalue weighted by molar-refractivity contribution is 5.87. The number of aliphatic hydroxyl groups excluding tert-OH is 1. The first-order valence-electron chi connectivity index (χ1n) is 2.84. The van der Waals surface area contributed by atoms with Crippen LogP contribution in [0.15, 0.2) is 24.6 Å². The lowest BCUT2D eigenvalue weighted by Gasteiger charge is -2.13. The lowest BCUT2D eigenvalue weighted by molar-refractivity contribution is -0.123. The Hall–Kier alpha value is -1.25. The third-order valence-electron chi connectivity index (χ3n) is 1.22. The number of allylic oxidation sites excluding steroid dienone is 1. The van der Waals surface area contributed by atoms with Crippen molar-refractivity contribution in [3.05, 3.63) is 24.6 Å². The SMILES string of the molecule is C=CC(=O)N(C)/C(C)=C\O. The molecular formula is C7H11NO2. The lowest BCUT2D eigenvalue weighted by atomic mass is 10.4. The molecule has 0 aliphatic rings. The van der Waals surface area contributed by atoms with Gasteiger partial charge in [0.15, 0.2) is 0 Å². The molecule has 1 amide bonds. The van der Waals surface area contributed by atoms with Gasteiger partial charge in [-0.3, -0.25) is 4.79 Å². The Morgan fingerprint density at radius 1 is 1.70 bits per heavy atom. The minimum atomic E-state index is -0.234. The van der Waals surface area contributed by atoms with Crippen LogP contribution in [0.4, 0.5) is 0 Å². The molecule has 0 aliphatic carbocycles. The molecule has 56 valence electrons. The number of carbonyl (C=O) groups excluding carboxylic acids is 1. The third kappa shape index (κ3) is 1.93. The summed E-state index contributed by atoms with van der Waals surface area (Å²) in [5, 5.41) is 8.46. The summed E-state index contributed by atoms with van der Waals surface area (Å²) in [4.78, 5) is 12.1. The maximum atomic E-state index is 10.8. The molecule has 0 atom stereocenters. The summed E-state index contributed by atoms with van der Waals surface area (Å²) in [5.41, 5.74) is 0.491. The van der Waals surface area contributed by atoms with E-state index in [1.54, 1.807) is 14.0 Å². The van der Waals surface area contributed by atoms with E-state index in [1.165, 1.54) is 11.0 Å². The molecule has 0 aromatic heterocycles. The van der Waals surface area contributed by atoms with Crippen LogP contribution in [0.1, 0.15) is 6.92 Å². The van der Waals surface area contributed by atoms with Gasteiger partial charge >= 0.3 is 0 Å². The predicted molar refractivity (Wildman–Crippen MR) is 39.4 cm³/mol. The van der Waals surface area contributed by atoms with Crippen molar-refractivity contribution in [1.29, 1.82) is 0 Å². The number of aliphatic hydroxyl groups is 1. The molecule has 0 aromatic rings. The van der Waals surface area contributed by atoms with Gasteiger partial charge in [-0.2, -0.15) is 0 Å². The number of likely N-dealkylation sites (N-methyl/N-ethyl adjacent to an activating group) is 1. The smallest absolute Gasteiger partial charge is 0.249 e. The van der Waals surface area contributed by atoms with Gasteiger partial charge in [0.1, 0.15) is 0 Å². The highest BCUT2D eigenvalue weighted by atomic mass is 16.2. The molecule has 1 N–H and O–H groups in total. The van der Waals surface area contributed by atoms with Crippen LogP contribution in [0.2, 0.25) is 0 Å². The van der Waals surface area contributed by atoms with E-state index in [1.807, 2.05) is 0 Å². The Kier molecular flexibility index (Phi) is 3.25. The topological polar surface area (TPSA) is 40.5 Å². The van der Waals surface area contributed by atoms with Crippen LogP contribution in [0.5, 0.6) is 0 Å². The molecule has 0 saturated carbocycles. The molecule has 0 aromatic carbocycles. The normalized spacial score (nSPS) is 10.8. The van der Waals surface area contributed by atoms with Crippen LogP contribution in [-0.2, 0) is 4.79 Å². The first kappa shape index (κ1) is 8.75. The highest BCUT2D eigenvalue weighted by Gasteiger charge is 2.04. The molecule has 0 fully saturated rings. The average Bonchev–Trinajstić information content (AvgIpc) is 2.00. The maximum absolute atomic E-state index is 10.8. The summed E-state index contributed by atoms with van der Waals surface area (Å²) < 4.78 is 0. The zero-order valence-electron chi connectivity index (χ0n) is 6.16. The molecule has 0 spiro atoms. The Morgan fingerprint density at radius 2 is 2.20 bits per heavy atom. The van der Waals surface area contributed by atoms with Gasteiger partial charge in [-0.15, -0.1) is 0 Å². The van der Waals surface area contributed by atoms with Crippen LogP contribution in [-0.4, -0.2) is 23.0 Å². The van der Waals surface area contributed by atoms with E-state index in [0.717, 1.165) is 6.26 Å². The number of hydrogen-bond donors (Lipinski definition) is 1. The fraction of sp³-hybridized carbons (Fsp3) is 0.286. The summed E-state index contributed by atoms with van der Waals surface area (Å²) in [5.74, 6) is -0.234. The molecule has 0 aliphatic heterocycles. The second-order valence-corrected chi connectivity index (χ2v) is 1.87. The number of hydrogen-bond acceptors (Lipinski definition) is 2. The van der Waals surface area contributed by atoms with Gasteiger partial charge in [0.25, 0.3) is 0 Å². The van der Waals surface area contributed by atoms with Gasteiger partial charge in [-0.05, 0) is 13.0 Å². The van der Waals surface area contributed by atoms with Crippen LogP contribution in [0, 0.1) is 0 Å². The number of amides is 1. The number of nitrogens with zero attached hydrogens (tertiary/aromatic N) is 1. The van der Waals surface area contributed by atoms with Crippen molar-refractivity contribution in [2.75, 3.05) is 7.05 Å². The van der Waals surface area contributed by atoms with Gasteiger partial charge in [0, 0.05) is 7.05 Å². The minimum absolute atomic E-state index is 0.234. The largest absolute Gasteiger partial charge is 0.514 e. The fourth-order valence-corrected chi connectivity index (χ4v) is 0.397. The van der Waals surface area contributed by atoms with E-state index < -0.39 is 0 Å². The van der Waals surface area contributed by atoms with Crippen LogP contribution < -0.4 is 0 Å². The Bertz CT molecular complexity index is 170. The zero-order valence-corrected chi connectivity index (χ0v) is 6.16. The quantitative estimate of drug-likeness (QED) is 0.461. The van der Waals surface area contributed by atoms with E-state index in [0.29, 0.717) is 5.70 Å². The summed E-state index contributed by atoms with van der Waals surface area (Å²) in [7, 11) is 1.56. The fourth-order valence-electron chi connectivity index (χ4n) is 0.397. The summed E-state index contributed by atoms with van der Waals surface area (Å²) in [6.45, 7) is 4.92. The van der Waals surface area contributed by atoms with Crippen molar-refractivity contribution >= 4 is 5.91 Å². The van der Waals surface area contributed by atoms with Crippen LogP contribution in [0.3, 0.4) is 0 Å². The molecule has 10 heavy (non-hydrogen) atoms. The molecule has 0 radical (unpaired) electrons. The standard InChI is InChI=1S/C7H11NO2/c1-4-7(10)8(3)6(2)5-9/h4-5,9H,1H2,2-3H3/b6-5-. The van der Waals surface area contributed by atoms with Gasteiger partial charge in [0.05, 0.1) is 12.0 Å². The van der Waals surface area contributed by atoms with Gasteiger partial charge in [-0.25, -0.2) is 0 Å². The zero-order chi connectivity index (χ0) is 8.15. The van der Waals surface area contributed by atoms with Crippen molar-refractivity contribution in [3.63, 3.8) is 0 Å². The van der Waals surface area contributed by atoms with Gasteiger partial charge < -0.3 is 10.0 Å². The van der Waals surface area contributed by atoms with Crippen molar-refractivity contribution in [3.8, 4) is 0 Å². The molecule has 0 unspecified atom stereocenters. The summed E-state index contributed by atoms with van der Waals surface area (Å²) in [6.07, 6.45) is 2.06. The minimum Gasteiger partial charge on any atom is -0.514 e. The van der Waals surface area contributed by atoms with Crippen LogP contribution in [0.25, 0.3) is 0 Å². The first-order valence-corrected chi connectivity index (χ1v) is 2.84. The molecule has 3 nitrogen and oxygen atoms in total. The van der Waals surface area contributed by atoms with Crippen molar-refractivity contribution in [2.24, 2.45) is 0 Å². The third-order valence-corrected chi connectivity index (χ3v) is 1.22.